The number of carbonyl (C=O) groups is 2. The Balaban J connectivity index is 2.38. The predicted molar refractivity (Wildman–Crippen MR) is 129 cm³/mol. The van der Waals surface area contributed by atoms with E-state index in [0.717, 1.165) is 5.56 Å². The second-order valence-corrected chi connectivity index (χ2v) is 10.0. The van der Waals surface area contributed by atoms with Crippen LogP contribution in [0, 0.1) is 0 Å². The molecule has 31 heavy (non-hydrogen) atoms. The SMILES string of the molecule is CCC(C(=O)NC(C)(C)C)N(Cc1ccc(Cl)c(Cl)c1)C(=O)Cc1ccc(Cl)cc1Cl. The van der Waals surface area contributed by atoms with Crippen molar-refractivity contribution in [3.8, 4) is 0 Å². The fraction of sp³-hybridized carbons (Fsp3) is 0.391. The molecule has 168 valence electrons. The quantitative estimate of drug-likeness (QED) is 0.464. The van der Waals surface area contributed by atoms with Gasteiger partial charge in [0.2, 0.25) is 11.8 Å². The standard InChI is InChI=1S/C23H26Cl4N2O2/c1-5-20(22(31)28-23(2,3)4)29(13-14-6-9-17(25)19(27)10-14)21(30)11-15-7-8-16(24)12-18(15)26/h6-10,12,20H,5,11,13H2,1-4H3,(H,28,31). The summed E-state index contributed by atoms with van der Waals surface area (Å²) in [4.78, 5) is 27.9. The molecule has 0 aliphatic rings. The molecule has 2 amide bonds. The molecule has 1 unspecified atom stereocenters. The summed E-state index contributed by atoms with van der Waals surface area (Å²) in [6.07, 6.45) is 0.486. The largest absolute Gasteiger partial charge is 0.350 e. The molecule has 0 aromatic heterocycles. The van der Waals surface area contributed by atoms with Gasteiger partial charge in [-0.05, 0) is 62.6 Å². The number of nitrogens with zero attached hydrogens (tertiary/aromatic N) is 1. The van der Waals surface area contributed by atoms with Crippen molar-refractivity contribution in [2.45, 2.75) is 58.7 Å². The summed E-state index contributed by atoms with van der Waals surface area (Å²) < 4.78 is 0. The topological polar surface area (TPSA) is 49.4 Å². The Kier molecular flexibility index (Phi) is 9.08. The lowest BCUT2D eigenvalue weighted by molar-refractivity contribution is -0.141. The van der Waals surface area contributed by atoms with E-state index in [1.54, 1.807) is 41.3 Å². The summed E-state index contributed by atoms with van der Waals surface area (Å²) in [6, 6.07) is 9.50. The van der Waals surface area contributed by atoms with Gasteiger partial charge in [-0.3, -0.25) is 9.59 Å². The van der Waals surface area contributed by atoms with Crippen molar-refractivity contribution in [1.29, 1.82) is 0 Å². The Morgan fingerprint density at radius 2 is 1.65 bits per heavy atom. The molecule has 0 aliphatic heterocycles. The smallest absolute Gasteiger partial charge is 0.243 e. The highest BCUT2D eigenvalue weighted by Gasteiger charge is 2.31. The fourth-order valence-corrected chi connectivity index (χ4v) is 3.93. The molecule has 2 rings (SSSR count). The van der Waals surface area contributed by atoms with Gasteiger partial charge in [0.1, 0.15) is 6.04 Å². The van der Waals surface area contributed by atoms with Gasteiger partial charge in [0, 0.05) is 22.1 Å². The summed E-state index contributed by atoms with van der Waals surface area (Å²) in [6.45, 7) is 7.77. The van der Waals surface area contributed by atoms with Gasteiger partial charge in [0.25, 0.3) is 0 Å². The van der Waals surface area contributed by atoms with Crippen LogP contribution in [-0.4, -0.2) is 28.3 Å². The number of hydrogen-bond acceptors (Lipinski definition) is 2. The maximum atomic E-state index is 13.4. The number of carbonyl (C=O) groups excluding carboxylic acids is 2. The number of amides is 2. The summed E-state index contributed by atoms with van der Waals surface area (Å²) in [7, 11) is 0. The van der Waals surface area contributed by atoms with Crippen molar-refractivity contribution in [3.63, 3.8) is 0 Å². The van der Waals surface area contributed by atoms with Crippen molar-refractivity contribution < 1.29 is 9.59 Å². The summed E-state index contributed by atoms with van der Waals surface area (Å²) in [5.74, 6) is -0.447. The lowest BCUT2D eigenvalue weighted by Crippen LogP contribution is -2.53. The lowest BCUT2D eigenvalue weighted by atomic mass is 10.0. The van der Waals surface area contributed by atoms with Gasteiger partial charge in [-0.15, -0.1) is 0 Å². The zero-order valence-corrected chi connectivity index (χ0v) is 21.0. The van der Waals surface area contributed by atoms with Crippen molar-refractivity contribution in [3.05, 3.63) is 67.6 Å². The average Bonchev–Trinajstić information content (AvgIpc) is 2.65. The monoisotopic (exact) mass is 502 g/mol. The Morgan fingerprint density at radius 1 is 0.968 bits per heavy atom. The fourth-order valence-electron chi connectivity index (χ4n) is 3.14. The van der Waals surface area contributed by atoms with Gasteiger partial charge >= 0.3 is 0 Å². The van der Waals surface area contributed by atoms with Crippen LogP contribution in [0.5, 0.6) is 0 Å². The van der Waals surface area contributed by atoms with Crippen LogP contribution < -0.4 is 5.32 Å². The van der Waals surface area contributed by atoms with Crippen LogP contribution in [0.25, 0.3) is 0 Å². The highest BCUT2D eigenvalue weighted by Crippen LogP contribution is 2.26. The maximum absolute atomic E-state index is 13.4. The van der Waals surface area contributed by atoms with Crippen molar-refractivity contribution in [2.75, 3.05) is 0 Å². The van der Waals surface area contributed by atoms with E-state index >= 15 is 0 Å². The minimum absolute atomic E-state index is 0.0383. The molecule has 0 saturated carbocycles. The zero-order valence-electron chi connectivity index (χ0n) is 17.9. The molecule has 2 aromatic carbocycles. The second-order valence-electron chi connectivity index (χ2n) is 8.35. The van der Waals surface area contributed by atoms with Gasteiger partial charge < -0.3 is 10.2 Å². The number of halogens is 4. The zero-order chi connectivity index (χ0) is 23.3. The Bertz CT molecular complexity index is 957. The summed E-state index contributed by atoms with van der Waals surface area (Å²) in [5, 5.41) is 4.68. The van der Waals surface area contributed by atoms with E-state index in [4.69, 9.17) is 46.4 Å². The Labute approximate surface area is 203 Å². The van der Waals surface area contributed by atoms with Gasteiger partial charge in [-0.1, -0.05) is 65.5 Å². The minimum Gasteiger partial charge on any atom is -0.350 e. The molecule has 0 fully saturated rings. The first-order valence-corrected chi connectivity index (χ1v) is 11.4. The molecule has 0 saturated heterocycles. The van der Waals surface area contributed by atoms with E-state index in [0.29, 0.717) is 32.1 Å². The number of nitrogens with one attached hydrogen (secondary N) is 1. The van der Waals surface area contributed by atoms with Crippen LogP contribution >= 0.6 is 46.4 Å². The molecule has 1 atom stereocenters. The summed E-state index contributed by atoms with van der Waals surface area (Å²) in [5.41, 5.74) is 0.982. The molecule has 1 N–H and O–H groups in total. The molecule has 0 spiro atoms. The first kappa shape index (κ1) is 25.8. The van der Waals surface area contributed by atoms with Crippen molar-refractivity contribution in [1.82, 2.24) is 10.2 Å². The van der Waals surface area contributed by atoms with Gasteiger partial charge in [0.05, 0.1) is 16.5 Å². The van der Waals surface area contributed by atoms with E-state index < -0.39 is 11.6 Å². The third kappa shape index (κ3) is 7.57. The van der Waals surface area contributed by atoms with Crippen LogP contribution in [0.1, 0.15) is 45.2 Å². The molecule has 4 nitrogen and oxygen atoms in total. The third-order valence-corrected chi connectivity index (χ3v) is 5.90. The molecule has 2 aromatic rings. The third-order valence-electron chi connectivity index (χ3n) is 4.58. The first-order chi connectivity index (χ1) is 14.4. The number of hydrogen-bond donors (Lipinski definition) is 1. The maximum Gasteiger partial charge on any atom is 0.243 e. The highest BCUT2D eigenvalue weighted by molar-refractivity contribution is 6.42. The molecule has 0 radical (unpaired) electrons. The van der Waals surface area contributed by atoms with Crippen LogP contribution in [-0.2, 0) is 22.6 Å². The highest BCUT2D eigenvalue weighted by atomic mass is 35.5. The first-order valence-electron chi connectivity index (χ1n) is 9.90. The van der Waals surface area contributed by atoms with Gasteiger partial charge in [0.15, 0.2) is 0 Å². The van der Waals surface area contributed by atoms with Crippen LogP contribution in [0.4, 0.5) is 0 Å². The predicted octanol–water partition coefficient (Wildman–Crippen LogP) is 6.56. The van der Waals surface area contributed by atoms with Crippen LogP contribution in [0.15, 0.2) is 36.4 Å². The average molecular weight is 504 g/mol. The van der Waals surface area contributed by atoms with E-state index in [1.807, 2.05) is 27.7 Å². The van der Waals surface area contributed by atoms with E-state index in [2.05, 4.69) is 5.32 Å². The van der Waals surface area contributed by atoms with E-state index in [-0.39, 0.29) is 24.8 Å². The van der Waals surface area contributed by atoms with Gasteiger partial charge in [-0.2, -0.15) is 0 Å². The lowest BCUT2D eigenvalue weighted by Gasteiger charge is -2.33. The number of rotatable bonds is 7. The second kappa shape index (κ2) is 10.9. The molecule has 0 heterocycles. The van der Waals surface area contributed by atoms with Crippen molar-refractivity contribution in [2.24, 2.45) is 0 Å². The van der Waals surface area contributed by atoms with E-state index in [9.17, 15) is 9.59 Å². The number of benzene rings is 2. The Hall–Kier alpha value is -1.46. The molecular weight excluding hydrogens is 478 g/mol. The normalized spacial score (nSPS) is 12.4. The molecule has 0 aliphatic carbocycles. The van der Waals surface area contributed by atoms with Crippen LogP contribution in [0.2, 0.25) is 20.1 Å². The van der Waals surface area contributed by atoms with E-state index in [1.165, 1.54) is 0 Å². The molecule has 8 heteroatoms. The Morgan fingerprint density at radius 3 is 2.19 bits per heavy atom. The molecular formula is C23H26Cl4N2O2. The van der Waals surface area contributed by atoms with Crippen LogP contribution in [0.3, 0.4) is 0 Å². The minimum atomic E-state index is -0.660. The summed E-state index contributed by atoms with van der Waals surface area (Å²) >= 11 is 24.4. The van der Waals surface area contributed by atoms with Crippen molar-refractivity contribution >= 4 is 58.2 Å². The van der Waals surface area contributed by atoms with Gasteiger partial charge in [-0.25, -0.2) is 0 Å². The molecule has 0 bridgehead atoms.